The predicted octanol–water partition coefficient (Wildman–Crippen LogP) is 4.01. The summed E-state index contributed by atoms with van der Waals surface area (Å²) < 4.78 is 5.95. The smallest absolute Gasteiger partial charge is 0.0652 e. The summed E-state index contributed by atoms with van der Waals surface area (Å²) in [4.78, 5) is 0. The van der Waals surface area contributed by atoms with Crippen LogP contribution in [0.15, 0.2) is 0 Å². The molecule has 0 fully saturated rings. The molecule has 0 spiro atoms. The van der Waals surface area contributed by atoms with Crippen molar-refractivity contribution in [1.29, 1.82) is 0 Å². The van der Waals surface area contributed by atoms with Crippen LogP contribution < -0.4 is 0 Å². The van der Waals surface area contributed by atoms with Gasteiger partial charge in [-0.25, -0.2) is 0 Å². The largest absolute Gasteiger partial charge is 0.390 e. The molecule has 104 valence electrons. The molecule has 1 unspecified atom stereocenters. The van der Waals surface area contributed by atoms with E-state index in [1.165, 1.54) is 0 Å². The average molecular weight is 244 g/mol. The number of hydrogen-bond acceptors (Lipinski definition) is 2. The first-order valence-corrected chi connectivity index (χ1v) is 6.70. The summed E-state index contributed by atoms with van der Waals surface area (Å²) in [6.07, 6.45) is 1.82. The van der Waals surface area contributed by atoms with E-state index in [4.69, 9.17) is 4.74 Å². The maximum atomic E-state index is 9.66. The van der Waals surface area contributed by atoms with Crippen LogP contribution in [0.25, 0.3) is 0 Å². The summed E-state index contributed by atoms with van der Waals surface area (Å²) in [6.45, 7) is 17.6. The molecular formula is C15H32O2. The van der Waals surface area contributed by atoms with Crippen LogP contribution in [0, 0.1) is 11.3 Å². The topological polar surface area (TPSA) is 29.5 Å². The van der Waals surface area contributed by atoms with E-state index in [1.54, 1.807) is 0 Å². The summed E-state index contributed by atoms with van der Waals surface area (Å²) in [5.41, 5.74) is -0.432. The molecule has 0 amide bonds. The van der Waals surface area contributed by atoms with Crippen molar-refractivity contribution in [2.24, 2.45) is 11.3 Å². The second kappa shape index (κ2) is 5.71. The Labute approximate surface area is 108 Å². The molecule has 0 rings (SSSR count). The van der Waals surface area contributed by atoms with Crippen molar-refractivity contribution >= 4 is 0 Å². The monoisotopic (exact) mass is 244 g/mol. The molecule has 0 heterocycles. The molecule has 0 aromatic heterocycles. The zero-order valence-corrected chi connectivity index (χ0v) is 13.1. The van der Waals surface area contributed by atoms with Gasteiger partial charge in [0, 0.05) is 0 Å². The lowest BCUT2D eigenvalue weighted by Gasteiger charge is -2.36. The Kier molecular flexibility index (Phi) is 5.68. The number of hydrogen-bond donors (Lipinski definition) is 1. The van der Waals surface area contributed by atoms with E-state index in [2.05, 4.69) is 41.5 Å². The molecule has 0 aromatic carbocycles. The Morgan fingerprint density at radius 2 is 1.47 bits per heavy atom. The first kappa shape index (κ1) is 16.9. The molecule has 0 aliphatic heterocycles. The van der Waals surface area contributed by atoms with Crippen molar-refractivity contribution in [3.05, 3.63) is 0 Å². The summed E-state index contributed by atoms with van der Waals surface area (Å²) in [5, 5.41) is 9.66. The van der Waals surface area contributed by atoms with Gasteiger partial charge in [-0.3, -0.25) is 0 Å². The predicted molar refractivity (Wildman–Crippen MR) is 74.2 cm³/mol. The van der Waals surface area contributed by atoms with Gasteiger partial charge in [-0.15, -0.1) is 0 Å². The number of ether oxygens (including phenoxy) is 1. The molecular weight excluding hydrogens is 212 g/mol. The zero-order chi connectivity index (χ0) is 13.9. The van der Waals surface area contributed by atoms with Crippen LogP contribution in [0.3, 0.4) is 0 Å². The minimum absolute atomic E-state index is 0.126. The fourth-order valence-electron chi connectivity index (χ4n) is 1.87. The minimum atomic E-state index is -0.636. The highest BCUT2D eigenvalue weighted by atomic mass is 16.5. The van der Waals surface area contributed by atoms with Gasteiger partial charge in [0.1, 0.15) is 0 Å². The molecule has 0 saturated carbocycles. The normalized spacial score (nSPS) is 16.1. The van der Waals surface area contributed by atoms with Gasteiger partial charge in [-0.2, -0.15) is 0 Å². The summed E-state index contributed by atoms with van der Waals surface area (Å²) >= 11 is 0. The Hall–Kier alpha value is -0.0800. The van der Waals surface area contributed by atoms with Gasteiger partial charge in [0.15, 0.2) is 0 Å². The van der Waals surface area contributed by atoms with E-state index in [9.17, 15) is 5.11 Å². The quantitative estimate of drug-likeness (QED) is 0.765. The van der Waals surface area contributed by atoms with Gasteiger partial charge < -0.3 is 9.84 Å². The van der Waals surface area contributed by atoms with E-state index < -0.39 is 5.60 Å². The Balaban J connectivity index is 4.19. The Morgan fingerprint density at radius 1 is 1.00 bits per heavy atom. The molecule has 2 nitrogen and oxygen atoms in total. The van der Waals surface area contributed by atoms with E-state index in [0.29, 0.717) is 24.4 Å². The highest BCUT2D eigenvalue weighted by Crippen LogP contribution is 2.33. The van der Waals surface area contributed by atoms with Crippen molar-refractivity contribution in [2.45, 2.75) is 79.4 Å². The second-order valence-electron chi connectivity index (χ2n) is 7.68. The molecule has 2 heteroatoms. The van der Waals surface area contributed by atoms with E-state index in [0.717, 1.165) is 6.42 Å². The van der Waals surface area contributed by atoms with Gasteiger partial charge in [0.05, 0.1) is 17.8 Å². The minimum Gasteiger partial charge on any atom is -0.390 e. The van der Waals surface area contributed by atoms with Crippen LogP contribution in [0.5, 0.6) is 0 Å². The van der Waals surface area contributed by atoms with Crippen LogP contribution in [0.2, 0.25) is 0 Å². The molecule has 0 aromatic rings. The van der Waals surface area contributed by atoms with E-state index >= 15 is 0 Å². The molecule has 0 aliphatic carbocycles. The van der Waals surface area contributed by atoms with Crippen LogP contribution in [0.1, 0.15) is 68.2 Å². The van der Waals surface area contributed by atoms with Gasteiger partial charge in [0.25, 0.3) is 0 Å². The summed E-state index contributed by atoms with van der Waals surface area (Å²) in [7, 11) is 0. The molecule has 0 aliphatic rings. The van der Waals surface area contributed by atoms with Gasteiger partial charge in [-0.1, -0.05) is 27.7 Å². The van der Waals surface area contributed by atoms with Crippen molar-refractivity contribution in [1.82, 2.24) is 0 Å². The van der Waals surface area contributed by atoms with Crippen molar-refractivity contribution in [3.8, 4) is 0 Å². The van der Waals surface area contributed by atoms with Gasteiger partial charge in [-0.05, 0) is 51.9 Å². The second-order valence-corrected chi connectivity index (χ2v) is 7.68. The van der Waals surface area contributed by atoms with Gasteiger partial charge in [0.2, 0.25) is 0 Å². The first-order valence-electron chi connectivity index (χ1n) is 6.70. The maximum Gasteiger partial charge on any atom is 0.0652 e. The third-order valence-corrected chi connectivity index (χ3v) is 3.29. The lowest BCUT2D eigenvalue weighted by atomic mass is 9.78. The SMILES string of the molecule is CC(CC(C)(C)C)C(C)(C)OCCC(C)(C)O. The highest BCUT2D eigenvalue weighted by Gasteiger charge is 2.30. The zero-order valence-electron chi connectivity index (χ0n) is 13.1. The van der Waals surface area contributed by atoms with Crippen LogP contribution in [-0.2, 0) is 4.74 Å². The third kappa shape index (κ3) is 8.62. The first-order chi connectivity index (χ1) is 7.33. The van der Waals surface area contributed by atoms with Crippen molar-refractivity contribution in [3.63, 3.8) is 0 Å². The molecule has 1 N–H and O–H groups in total. The van der Waals surface area contributed by atoms with Crippen LogP contribution >= 0.6 is 0 Å². The van der Waals surface area contributed by atoms with E-state index in [-0.39, 0.29) is 5.60 Å². The van der Waals surface area contributed by atoms with Gasteiger partial charge >= 0.3 is 0 Å². The third-order valence-electron chi connectivity index (χ3n) is 3.29. The number of rotatable bonds is 6. The standard InChI is InChI=1S/C15H32O2/c1-12(11-13(2,3)4)15(7,8)17-10-9-14(5,6)16/h12,16H,9-11H2,1-8H3. The Bertz CT molecular complexity index is 218. The summed E-state index contributed by atoms with van der Waals surface area (Å²) in [6, 6.07) is 0. The molecule has 0 bridgehead atoms. The Morgan fingerprint density at radius 3 is 1.82 bits per heavy atom. The lowest BCUT2D eigenvalue weighted by Crippen LogP contribution is -2.36. The lowest BCUT2D eigenvalue weighted by molar-refractivity contribution is -0.0816. The summed E-state index contributed by atoms with van der Waals surface area (Å²) in [5.74, 6) is 0.504. The van der Waals surface area contributed by atoms with Crippen molar-refractivity contribution < 1.29 is 9.84 Å². The molecule has 0 radical (unpaired) electrons. The van der Waals surface area contributed by atoms with Crippen molar-refractivity contribution in [2.75, 3.05) is 6.61 Å². The highest BCUT2D eigenvalue weighted by molar-refractivity contribution is 4.80. The fourth-order valence-corrected chi connectivity index (χ4v) is 1.87. The molecule has 0 saturated heterocycles. The number of aliphatic hydroxyl groups is 1. The maximum absolute atomic E-state index is 9.66. The average Bonchev–Trinajstić information content (AvgIpc) is 1.97. The van der Waals surface area contributed by atoms with E-state index in [1.807, 2.05) is 13.8 Å². The van der Waals surface area contributed by atoms with Crippen LogP contribution in [0.4, 0.5) is 0 Å². The van der Waals surface area contributed by atoms with Crippen LogP contribution in [-0.4, -0.2) is 22.9 Å². The fraction of sp³-hybridized carbons (Fsp3) is 1.00. The molecule has 17 heavy (non-hydrogen) atoms. The molecule has 1 atom stereocenters.